The zero-order chi connectivity index (χ0) is 15.7. The van der Waals surface area contributed by atoms with E-state index in [1.54, 1.807) is 0 Å². The highest BCUT2D eigenvalue weighted by Crippen LogP contribution is 2.47. The van der Waals surface area contributed by atoms with Crippen LogP contribution in [0.25, 0.3) is 0 Å². The van der Waals surface area contributed by atoms with E-state index < -0.39 is 8.07 Å². The van der Waals surface area contributed by atoms with Crippen LogP contribution in [0, 0.1) is 11.8 Å². The number of unbranched alkanes of at least 4 members (excludes halogenated alkanes) is 4. The molecule has 0 spiro atoms. The van der Waals surface area contributed by atoms with E-state index in [0.717, 1.165) is 17.4 Å². The third-order valence-electron chi connectivity index (χ3n) is 5.00. The Labute approximate surface area is 135 Å². The summed E-state index contributed by atoms with van der Waals surface area (Å²) in [5, 5.41) is 0. The highest BCUT2D eigenvalue weighted by Gasteiger charge is 2.39. The molecule has 0 nitrogen and oxygen atoms in total. The molecule has 0 heterocycles. The second kappa shape index (κ2) is 9.66. The van der Waals surface area contributed by atoms with Crippen LogP contribution in [0.1, 0.15) is 65.2 Å². The van der Waals surface area contributed by atoms with Crippen molar-refractivity contribution in [2.24, 2.45) is 11.8 Å². The third-order valence-corrected chi connectivity index (χ3v) is 7.89. The Morgan fingerprint density at radius 2 is 1.43 bits per heavy atom. The van der Waals surface area contributed by atoms with Crippen LogP contribution in [0.2, 0.25) is 25.2 Å². The molecule has 3 atom stereocenters. The molecule has 1 heteroatoms. The first-order valence-electron chi connectivity index (χ1n) is 9.32. The number of allylic oxidation sites excluding steroid dienone is 4. The molecule has 0 aliphatic heterocycles. The highest BCUT2D eigenvalue weighted by atomic mass is 28.3. The molecule has 0 aromatic rings. The fraction of sp³-hybridized carbons (Fsp3) is 0.800. The van der Waals surface area contributed by atoms with Gasteiger partial charge in [0, 0.05) is 8.07 Å². The summed E-state index contributed by atoms with van der Waals surface area (Å²) in [4.78, 5) is 0. The van der Waals surface area contributed by atoms with Crippen LogP contribution in [0.5, 0.6) is 0 Å². The molecule has 3 unspecified atom stereocenters. The number of rotatable bonds is 9. The van der Waals surface area contributed by atoms with Crippen molar-refractivity contribution in [3.63, 3.8) is 0 Å². The van der Waals surface area contributed by atoms with Gasteiger partial charge in [0.1, 0.15) is 0 Å². The Balaban J connectivity index is 2.58. The predicted molar refractivity (Wildman–Crippen MR) is 101 cm³/mol. The van der Waals surface area contributed by atoms with Crippen LogP contribution in [-0.4, -0.2) is 8.07 Å². The molecule has 1 fully saturated rings. The molecular weight excluding hydrogens is 268 g/mol. The van der Waals surface area contributed by atoms with E-state index in [1.165, 1.54) is 51.4 Å². The van der Waals surface area contributed by atoms with Gasteiger partial charge in [-0.1, -0.05) is 83.5 Å². The van der Waals surface area contributed by atoms with Crippen LogP contribution in [0.15, 0.2) is 24.3 Å². The summed E-state index contributed by atoms with van der Waals surface area (Å²) in [7, 11) is -1.04. The van der Waals surface area contributed by atoms with Crippen LogP contribution in [0.3, 0.4) is 0 Å². The van der Waals surface area contributed by atoms with Crippen LogP contribution >= 0.6 is 0 Å². The fourth-order valence-electron chi connectivity index (χ4n) is 3.68. The minimum Gasteiger partial charge on any atom is -0.0883 e. The summed E-state index contributed by atoms with van der Waals surface area (Å²) < 4.78 is 0. The molecule has 1 rings (SSSR count). The average Bonchev–Trinajstić information content (AvgIpc) is 2.83. The van der Waals surface area contributed by atoms with Crippen molar-refractivity contribution >= 4 is 8.07 Å². The average molecular weight is 307 g/mol. The lowest BCUT2D eigenvalue weighted by Gasteiger charge is -2.29. The monoisotopic (exact) mass is 306 g/mol. The lowest BCUT2D eigenvalue weighted by molar-refractivity contribution is 0.630. The Hall–Kier alpha value is -0.303. The number of hydrogen-bond donors (Lipinski definition) is 0. The summed E-state index contributed by atoms with van der Waals surface area (Å²) >= 11 is 0. The van der Waals surface area contributed by atoms with Gasteiger partial charge in [0.25, 0.3) is 0 Å². The summed E-state index contributed by atoms with van der Waals surface area (Å²) in [5.41, 5.74) is 0.983. The van der Waals surface area contributed by atoms with Crippen molar-refractivity contribution in [3.05, 3.63) is 24.3 Å². The zero-order valence-corrected chi connectivity index (χ0v) is 16.2. The van der Waals surface area contributed by atoms with Gasteiger partial charge in [-0.25, -0.2) is 0 Å². The Morgan fingerprint density at radius 1 is 0.857 bits per heavy atom. The van der Waals surface area contributed by atoms with E-state index in [4.69, 9.17) is 0 Å². The fourth-order valence-corrected chi connectivity index (χ4v) is 6.22. The molecule has 1 aliphatic rings. The molecule has 0 radical (unpaired) electrons. The van der Waals surface area contributed by atoms with Gasteiger partial charge in [0.2, 0.25) is 0 Å². The van der Waals surface area contributed by atoms with Crippen LogP contribution in [-0.2, 0) is 0 Å². The molecule has 0 bridgehead atoms. The molecule has 0 aromatic carbocycles. The second-order valence-corrected chi connectivity index (χ2v) is 13.5. The quantitative estimate of drug-likeness (QED) is 0.240. The molecule has 21 heavy (non-hydrogen) atoms. The molecule has 1 saturated carbocycles. The first kappa shape index (κ1) is 18.7. The Bertz CT molecular complexity index is 321. The molecule has 0 N–H and O–H groups in total. The summed E-state index contributed by atoms with van der Waals surface area (Å²) in [6, 6.07) is 0. The Kier molecular flexibility index (Phi) is 8.62. The predicted octanol–water partition coefficient (Wildman–Crippen LogP) is 7.21. The maximum absolute atomic E-state index is 2.58. The molecule has 1 aliphatic carbocycles. The van der Waals surface area contributed by atoms with Gasteiger partial charge < -0.3 is 0 Å². The molecule has 0 aromatic heterocycles. The second-order valence-electron chi connectivity index (χ2n) is 8.01. The summed E-state index contributed by atoms with van der Waals surface area (Å²) in [5.74, 6) is 1.70. The number of hydrogen-bond acceptors (Lipinski definition) is 0. The van der Waals surface area contributed by atoms with E-state index in [1.807, 2.05) is 0 Å². The van der Waals surface area contributed by atoms with Gasteiger partial charge in [-0.2, -0.15) is 0 Å². The topological polar surface area (TPSA) is 0 Å². The maximum Gasteiger partial charge on any atom is 0.0479 e. The third kappa shape index (κ3) is 6.99. The largest absolute Gasteiger partial charge is 0.0883 e. The molecule has 0 saturated heterocycles. The van der Waals surface area contributed by atoms with Crippen molar-refractivity contribution < 1.29 is 0 Å². The maximum atomic E-state index is 2.58. The van der Waals surface area contributed by atoms with Crippen LogP contribution < -0.4 is 0 Å². The Morgan fingerprint density at radius 3 is 1.95 bits per heavy atom. The molecule has 0 amide bonds. The summed E-state index contributed by atoms with van der Waals surface area (Å²) in [6.07, 6.45) is 20.8. The van der Waals surface area contributed by atoms with Crippen molar-refractivity contribution in [1.29, 1.82) is 0 Å². The minimum atomic E-state index is -1.04. The highest BCUT2D eigenvalue weighted by molar-refractivity contribution is 6.77. The van der Waals surface area contributed by atoms with Crippen LogP contribution in [0.4, 0.5) is 0 Å². The van der Waals surface area contributed by atoms with Crippen molar-refractivity contribution in [2.75, 3.05) is 0 Å². The van der Waals surface area contributed by atoms with Crippen molar-refractivity contribution in [2.45, 2.75) is 90.4 Å². The van der Waals surface area contributed by atoms with E-state index in [-0.39, 0.29) is 0 Å². The van der Waals surface area contributed by atoms with Gasteiger partial charge >= 0.3 is 0 Å². The standard InChI is InChI=1S/C20H38Si/c1-6-8-10-12-14-18-16-19(15-13-11-9-7-2)20(17-18)21(3,4)5/h12-15,18-20H,6-11,16-17H2,1-5H3/b14-12+,15-13+. The van der Waals surface area contributed by atoms with Gasteiger partial charge in [-0.15, -0.1) is 0 Å². The minimum absolute atomic E-state index is 0.847. The SMILES string of the molecule is CCCC/C=C/C1CC(/C=C/CCCC)C([Si](C)(C)C)C1. The summed E-state index contributed by atoms with van der Waals surface area (Å²) in [6.45, 7) is 12.3. The zero-order valence-electron chi connectivity index (χ0n) is 15.2. The van der Waals surface area contributed by atoms with Gasteiger partial charge in [-0.05, 0) is 43.1 Å². The van der Waals surface area contributed by atoms with E-state index in [9.17, 15) is 0 Å². The van der Waals surface area contributed by atoms with Gasteiger partial charge in [0.05, 0.1) is 0 Å². The lowest BCUT2D eigenvalue weighted by Crippen LogP contribution is -2.30. The first-order chi connectivity index (χ1) is 9.99. The van der Waals surface area contributed by atoms with E-state index >= 15 is 0 Å². The lowest BCUT2D eigenvalue weighted by atomic mass is 10.0. The van der Waals surface area contributed by atoms with Gasteiger partial charge in [0.15, 0.2) is 0 Å². The first-order valence-corrected chi connectivity index (χ1v) is 12.9. The van der Waals surface area contributed by atoms with Gasteiger partial charge in [-0.3, -0.25) is 0 Å². The smallest absolute Gasteiger partial charge is 0.0479 e. The van der Waals surface area contributed by atoms with Crippen molar-refractivity contribution in [3.8, 4) is 0 Å². The van der Waals surface area contributed by atoms with Crippen molar-refractivity contribution in [1.82, 2.24) is 0 Å². The normalized spacial score (nSPS) is 27.2. The van der Waals surface area contributed by atoms with E-state index in [0.29, 0.717) is 0 Å². The molecule has 122 valence electrons. The molecular formula is C20H38Si. The van der Waals surface area contributed by atoms with E-state index in [2.05, 4.69) is 57.8 Å².